The molecule has 3 N–H and O–H groups in total. The number of hydrogen-bond donors (Lipinski definition) is 2. The first-order chi connectivity index (χ1) is 10.1. The van der Waals surface area contributed by atoms with Gasteiger partial charge < -0.3 is 10.3 Å². The lowest BCUT2D eigenvalue weighted by molar-refractivity contribution is 0.0754. The van der Waals surface area contributed by atoms with Gasteiger partial charge in [-0.3, -0.25) is 4.79 Å². The number of aromatic nitrogens is 1. The zero-order chi connectivity index (χ0) is 15.0. The lowest BCUT2D eigenvalue weighted by Crippen LogP contribution is -2.33. The molecule has 1 amide bonds. The van der Waals surface area contributed by atoms with Crippen molar-refractivity contribution in [3.8, 4) is 0 Å². The molecule has 0 aromatic carbocycles. The minimum absolute atomic E-state index is 0.0317. The van der Waals surface area contributed by atoms with Crippen LogP contribution in [-0.4, -0.2) is 29.4 Å². The number of halogens is 1. The summed E-state index contributed by atoms with van der Waals surface area (Å²) in [6.07, 6.45) is 6.86. The number of anilines is 1. The van der Waals surface area contributed by atoms with Crippen LogP contribution < -0.4 is 11.3 Å². The Kier molecular flexibility index (Phi) is 4.04. The molecular weight excluding hydrogens is 288 g/mol. The first-order valence-electron chi connectivity index (χ1n) is 7.46. The predicted molar refractivity (Wildman–Crippen MR) is 83.0 cm³/mol. The highest BCUT2D eigenvalue weighted by Gasteiger charge is 2.40. The van der Waals surface area contributed by atoms with E-state index in [4.69, 9.17) is 17.4 Å². The lowest BCUT2D eigenvalue weighted by Gasteiger charge is -2.27. The van der Waals surface area contributed by atoms with Crippen LogP contribution in [0.1, 0.15) is 36.0 Å². The molecule has 0 aliphatic heterocycles. The van der Waals surface area contributed by atoms with E-state index in [2.05, 4.69) is 10.4 Å². The average molecular weight is 309 g/mol. The van der Waals surface area contributed by atoms with Gasteiger partial charge in [-0.05, 0) is 43.1 Å². The molecule has 114 valence electrons. The highest BCUT2D eigenvalue weighted by Crippen LogP contribution is 2.48. The van der Waals surface area contributed by atoms with Crippen LogP contribution in [0.4, 0.5) is 5.82 Å². The van der Waals surface area contributed by atoms with Crippen molar-refractivity contribution in [2.45, 2.75) is 25.7 Å². The number of nitrogens with zero attached hydrogens (tertiary/aromatic N) is 2. The molecule has 1 heterocycles. The molecule has 2 saturated carbocycles. The van der Waals surface area contributed by atoms with Gasteiger partial charge in [0.1, 0.15) is 0 Å². The topological polar surface area (TPSA) is 71.2 Å². The Morgan fingerprint density at radius 2 is 2.33 bits per heavy atom. The summed E-state index contributed by atoms with van der Waals surface area (Å²) >= 11 is 6.02. The molecular formula is C15H21ClN4O. The summed E-state index contributed by atoms with van der Waals surface area (Å²) in [6.45, 7) is 0.828. The van der Waals surface area contributed by atoms with Gasteiger partial charge in [0.15, 0.2) is 5.82 Å². The van der Waals surface area contributed by atoms with E-state index in [0.29, 0.717) is 22.3 Å². The van der Waals surface area contributed by atoms with Gasteiger partial charge in [0, 0.05) is 19.8 Å². The fraction of sp³-hybridized carbons (Fsp3) is 0.600. The van der Waals surface area contributed by atoms with Crippen LogP contribution in [0.3, 0.4) is 0 Å². The summed E-state index contributed by atoms with van der Waals surface area (Å²) in [5, 5.41) is 0.358. The fourth-order valence-electron chi connectivity index (χ4n) is 3.92. The van der Waals surface area contributed by atoms with Crippen LogP contribution in [-0.2, 0) is 0 Å². The Labute approximate surface area is 129 Å². The number of hydrogen-bond acceptors (Lipinski definition) is 4. The van der Waals surface area contributed by atoms with Crippen molar-refractivity contribution in [2.75, 3.05) is 19.0 Å². The third-order valence-electron chi connectivity index (χ3n) is 4.96. The molecule has 3 unspecified atom stereocenters. The average Bonchev–Trinajstić information content (AvgIpc) is 3.08. The molecule has 0 radical (unpaired) electrons. The van der Waals surface area contributed by atoms with E-state index in [1.165, 1.54) is 31.9 Å². The second kappa shape index (κ2) is 5.81. The number of carbonyl (C=O) groups excluding carboxylic acids is 1. The maximum absolute atomic E-state index is 12.5. The van der Waals surface area contributed by atoms with Crippen LogP contribution in [0.25, 0.3) is 0 Å². The normalized spacial score (nSPS) is 26.9. The zero-order valence-electron chi connectivity index (χ0n) is 12.2. The number of rotatable bonds is 4. The molecule has 0 spiro atoms. The van der Waals surface area contributed by atoms with Crippen molar-refractivity contribution < 1.29 is 4.79 Å². The summed E-state index contributed by atoms with van der Waals surface area (Å²) in [4.78, 5) is 18.3. The first kappa shape index (κ1) is 14.6. The quantitative estimate of drug-likeness (QED) is 0.662. The largest absolute Gasteiger partial charge is 0.341 e. The van der Waals surface area contributed by atoms with Crippen LogP contribution in [0.15, 0.2) is 12.3 Å². The molecule has 2 aliphatic rings. The standard InChI is InChI=1S/C15H21ClN4O/c1-20(8-12-5-9-2-3-10(12)4-9)15(21)11-6-13(16)14(19-17)18-7-11/h6-7,9-10,12H,2-5,8,17H2,1H3,(H,18,19). The maximum Gasteiger partial charge on any atom is 0.255 e. The second-order valence-electron chi connectivity index (χ2n) is 6.32. The van der Waals surface area contributed by atoms with Gasteiger partial charge in [-0.25, -0.2) is 10.8 Å². The van der Waals surface area contributed by atoms with E-state index < -0.39 is 0 Å². The van der Waals surface area contributed by atoms with E-state index in [0.717, 1.165) is 18.4 Å². The number of nitrogen functional groups attached to an aromatic ring is 1. The van der Waals surface area contributed by atoms with Gasteiger partial charge >= 0.3 is 0 Å². The van der Waals surface area contributed by atoms with Gasteiger partial charge in [0.05, 0.1) is 10.6 Å². The minimum atomic E-state index is -0.0317. The third kappa shape index (κ3) is 2.85. The van der Waals surface area contributed by atoms with E-state index in [1.807, 2.05) is 7.05 Å². The van der Waals surface area contributed by atoms with E-state index in [-0.39, 0.29) is 5.91 Å². The molecule has 21 heavy (non-hydrogen) atoms. The lowest BCUT2D eigenvalue weighted by atomic mass is 9.88. The van der Waals surface area contributed by atoms with Crippen molar-refractivity contribution in [1.29, 1.82) is 0 Å². The van der Waals surface area contributed by atoms with Gasteiger partial charge in [-0.2, -0.15) is 0 Å². The Hall–Kier alpha value is -1.33. The number of amides is 1. The molecule has 3 atom stereocenters. The third-order valence-corrected chi connectivity index (χ3v) is 5.25. The number of hydrazine groups is 1. The molecule has 1 aromatic rings. The number of fused-ring (bicyclic) bond motifs is 2. The van der Waals surface area contributed by atoms with Crippen LogP contribution in [0.5, 0.6) is 0 Å². The summed E-state index contributed by atoms with van der Waals surface area (Å²) in [5.41, 5.74) is 2.90. The van der Waals surface area contributed by atoms with Crippen molar-refractivity contribution in [3.05, 3.63) is 22.8 Å². The molecule has 2 aliphatic carbocycles. The number of nitrogens with two attached hydrogens (primary N) is 1. The molecule has 2 bridgehead atoms. The van der Waals surface area contributed by atoms with Crippen molar-refractivity contribution >= 4 is 23.3 Å². The van der Waals surface area contributed by atoms with Crippen LogP contribution >= 0.6 is 11.6 Å². The molecule has 1 aromatic heterocycles. The van der Waals surface area contributed by atoms with E-state index in [1.54, 1.807) is 11.0 Å². The predicted octanol–water partition coefficient (Wildman–Crippen LogP) is 2.53. The maximum atomic E-state index is 12.5. The summed E-state index contributed by atoms with van der Waals surface area (Å²) in [5.74, 6) is 8.01. The highest BCUT2D eigenvalue weighted by atomic mass is 35.5. The van der Waals surface area contributed by atoms with Crippen LogP contribution in [0.2, 0.25) is 5.02 Å². The van der Waals surface area contributed by atoms with E-state index >= 15 is 0 Å². The van der Waals surface area contributed by atoms with Gasteiger partial charge in [-0.1, -0.05) is 18.0 Å². The minimum Gasteiger partial charge on any atom is -0.341 e. The molecule has 5 nitrogen and oxygen atoms in total. The van der Waals surface area contributed by atoms with Crippen molar-refractivity contribution in [3.63, 3.8) is 0 Å². The van der Waals surface area contributed by atoms with Crippen molar-refractivity contribution in [2.24, 2.45) is 23.6 Å². The fourth-order valence-corrected chi connectivity index (χ4v) is 4.14. The number of nitrogens with one attached hydrogen (secondary N) is 1. The van der Waals surface area contributed by atoms with E-state index in [9.17, 15) is 4.79 Å². The zero-order valence-corrected chi connectivity index (χ0v) is 12.9. The molecule has 0 saturated heterocycles. The molecule has 3 rings (SSSR count). The first-order valence-corrected chi connectivity index (χ1v) is 7.84. The van der Waals surface area contributed by atoms with Gasteiger partial charge in [0.25, 0.3) is 5.91 Å². The smallest absolute Gasteiger partial charge is 0.255 e. The van der Waals surface area contributed by atoms with Crippen LogP contribution in [0, 0.1) is 17.8 Å². The van der Waals surface area contributed by atoms with Gasteiger partial charge in [0.2, 0.25) is 0 Å². The molecule has 6 heteroatoms. The van der Waals surface area contributed by atoms with Gasteiger partial charge in [-0.15, -0.1) is 0 Å². The van der Waals surface area contributed by atoms with Crippen molar-refractivity contribution in [1.82, 2.24) is 9.88 Å². The SMILES string of the molecule is CN(CC1CC2CCC1C2)C(=O)c1cnc(NN)c(Cl)c1. The number of carbonyl (C=O) groups is 1. The second-order valence-corrected chi connectivity index (χ2v) is 6.73. The Balaban J connectivity index is 1.65. The number of pyridine rings is 1. The molecule has 2 fully saturated rings. The Bertz CT molecular complexity index is 550. The highest BCUT2D eigenvalue weighted by molar-refractivity contribution is 6.33. The summed E-state index contributed by atoms with van der Waals surface area (Å²) in [7, 11) is 1.86. The summed E-state index contributed by atoms with van der Waals surface area (Å²) in [6, 6.07) is 1.61. The Morgan fingerprint density at radius 3 is 2.90 bits per heavy atom. The monoisotopic (exact) mass is 308 g/mol. The Morgan fingerprint density at radius 1 is 1.52 bits per heavy atom. The summed E-state index contributed by atoms with van der Waals surface area (Å²) < 4.78 is 0.